The number of allylic oxidation sites excluding steroid dienone is 1. The second-order valence-corrected chi connectivity index (χ2v) is 6.81. The molecule has 1 aliphatic rings. The molecule has 2 aromatic carbocycles. The van der Waals surface area contributed by atoms with Gasteiger partial charge < -0.3 is 16.0 Å². The van der Waals surface area contributed by atoms with Gasteiger partial charge in [0.2, 0.25) is 0 Å². The van der Waals surface area contributed by atoms with E-state index >= 15 is 0 Å². The van der Waals surface area contributed by atoms with E-state index in [1.807, 2.05) is 32.0 Å². The van der Waals surface area contributed by atoms with E-state index in [-0.39, 0.29) is 11.7 Å². The fourth-order valence-electron chi connectivity index (χ4n) is 3.07. The maximum atomic E-state index is 13.7. The van der Waals surface area contributed by atoms with Crippen LogP contribution in [0.5, 0.6) is 0 Å². The van der Waals surface area contributed by atoms with Crippen molar-refractivity contribution in [2.75, 3.05) is 5.32 Å². The molecule has 0 saturated carbocycles. The number of halogens is 1. The second-order valence-electron chi connectivity index (χ2n) is 6.40. The lowest BCUT2D eigenvalue weighted by Gasteiger charge is -2.30. The van der Waals surface area contributed by atoms with Gasteiger partial charge in [0, 0.05) is 11.4 Å². The first-order valence-corrected chi connectivity index (χ1v) is 8.68. The van der Waals surface area contributed by atoms with E-state index in [1.54, 1.807) is 19.1 Å². The molecule has 1 aliphatic heterocycles. The standard InChI is InChI=1S/C20H20FN3OS/c1-11-7-8-16(12(2)9-11)23-19(25)17-13(3)22-20(26)24-18(17)14-5-4-6-15(21)10-14/h4-10,18H,1-3H3,(H,23,25)(H2,22,24,26). The van der Waals surface area contributed by atoms with Crippen LogP contribution in [0.1, 0.15) is 29.7 Å². The third-order valence-electron chi connectivity index (χ3n) is 4.33. The lowest BCUT2D eigenvalue weighted by Crippen LogP contribution is -2.45. The third-order valence-corrected chi connectivity index (χ3v) is 4.55. The van der Waals surface area contributed by atoms with Gasteiger partial charge in [0.25, 0.3) is 5.91 Å². The first-order valence-electron chi connectivity index (χ1n) is 8.27. The summed E-state index contributed by atoms with van der Waals surface area (Å²) in [6.45, 7) is 5.73. The second kappa shape index (κ2) is 7.25. The van der Waals surface area contributed by atoms with Gasteiger partial charge in [-0.1, -0.05) is 29.8 Å². The van der Waals surface area contributed by atoms with Crippen LogP contribution in [-0.2, 0) is 4.79 Å². The Balaban J connectivity index is 1.97. The highest BCUT2D eigenvalue weighted by molar-refractivity contribution is 7.80. The minimum Gasteiger partial charge on any atom is -0.351 e. The van der Waals surface area contributed by atoms with Crippen molar-refractivity contribution in [2.45, 2.75) is 26.8 Å². The predicted octanol–water partition coefficient (Wildman–Crippen LogP) is 3.87. The molecule has 1 unspecified atom stereocenters. The van der Waals surface area contributed by atoms with E-state index < -0.39 is 6.04 Å². The number of nitrogens with one attached hydrogen (secondary N) is 3. The molecule has 3 N–H and O–H groups in total. The van der Waals surface area contributed by atoms with Gasteiger partial charge in [-0.05, 0) is 62.3 Å². The fraction of sp³-hybridized carbons (Fsp3) is 0.200. The molecule has 1 amide bonds. The molecule has 2 aromatic rings. The highest BCUT2D eigenvalue weighted by atomic mass is 32.1. The molecule has 1 heterocycles. The van der Waals surface area contributed by atoms with E-state index in [1.165, 1.54) is 12.1 Å². The van der Waals surface area contributed by atoms with Crippen LogP contribution in [0.15, 0.2) is 53.7 Å². The smallest absolute Gasteiger partial charge is 0.255 e. The molecular formula is C20H20FN3OS. The molecule has 26 heavy (non-hydrogen) atoms. The molecule has 3 rings (SSSR count). The summed E-state index contributed by atoms with van der Waals surface area (Å²) < 4.78 is 13.7. The van der Waals surface area contributed by atoms with Crippen LogP contribution in [0.25, 0.3) is 0 Å². The molecule has 1 atom stereocenters. The summed E-state index contributed by atoms with van der Waals surface area (Å²) in [6.07, 6.45) is 0. The molecular weight excluding hydrogens is 349 g/mol. The minimum absolute atomic E-state index is 0.258. The minimum atomic E-state index is -0.523. The highest BCUT2D eigenvalue weighted by Crippen LogP contribution is 2.28. The van der Waals surface area contributed by atoms with Gasteiger partial charge >= 0.3 is 0 Å². The van der Waals surface area contributed by atoms with E-state index in [4.69, 9.17) is 12.2 Å². The van der Waals surface area contributed by atoms with E-state index in [0.29, 0.717) is 21.9 Å². The lowest BCUT2D eigenvalue weighted by molar-refractivity contribution is -0.113. The van der Waals surface area contributed by atoms with Crippen molar-refractivity contribution in [3.63, 3.8) is 0 Å². The zero-order valence-corrected chi connectivity index (χ0v) is 15.6. The van der Waals surface area contributed by atoms with E-state index in [0.717, 1.165) is 16.8 Å². The third kappa shape index (κ3) is 3.75. The Labute approximate surface area is 157 Å². The summed E-state index contributed by atoms with van der Waals surface area (Å²) in [5.41, 5.74) is 4.60. The number of aryl methyl sites for hydroxylation is 2. The molecule has 6 heteroatoms. The van der Waals surface area contributed by atoms with Gasteiger partial charge in [0.15, 0.2) is 5.11 Å². The summed E-state index contributed by atoms with van der Waals surface area (Å²) >= 11 is 5.22. The van der Waals surface area contributed by atoms with Crippen molar-refractivity contribution >= 4 is 28.9 Å². The van der Waals surface area contributed by atoms with E-state index in [2.05, 4.69) is 16.0 Å². The Hall–Kier alpha value is -2.73. The summed E-state index contributed by atoms with van der Waals surface area (Å²) in [5, 5.41) is 9.40. The van der Waals surface area contributed by atoms with Gasteiger partial charge in [-0.2, -0.15) is 0 Å². The quantitative estimate of drug-likeness (QED) is 0.719. The lowest BCUT2D eigenvalue weighted by atomic mass is 9.94. The largest absolute Gasteiger partial charge is 0.351 e. The first-order chi connectivity index (χ1) is 12.3. The van der Waals surface area contributed by atoms with Gasteiger partial charge in [-0.25, -0.2) is 4.39 Å². The average Bonchev–Trinajstić information content (AvgIpc) is 2.56. The van der Waals surface area contributed by atoms with Crippen LogP contribution in [0.2, 0.25) is 0 Å². The number of thiocarbonyl (C=S) groups is 1. The molecule has 4 nitrogen and oxygen atoms in total. The van der Waals surface area contributed by atoms with Gasteiger partial charge in [-0.3, -0.25) is 4.79 Å². The maximum absolute atomic E-state index is 13.7. The Morgan fingerprint density at radius 2 is 1.92 bits per heavy atom. The van der Waals surface area contributed by atoms with Crippen molar-refractivity contribution in [1.82, 2.24) is 10.6 Å². The number of anilines is 1. The predicted molar refractivity (Wildman–Crippen MR) is 105 cm³/mol. The van der Waals surface area contributed by atoms with Crippen molar-refractivity contribution in [3.8, 4) is 0 Å². The molecule has 0 bridgehead atoms. The Bertz CT molecular complexity index is 923. The van der Waals surface area contributed by atoms with Crippen LogP contribution in [0, 0.1) is 19.7 Å². The zero-order valence-electron chi connectivity index (χ0n) is 14.8. The Kier molecular flexibility index (Phi) is 5.04. The Morgan fingerprint density at radius 3 is 2.62 bits per heavy atom. The Morgan fingerprint density at radius 1 is 1.15 bits per heavy atom. The molecule has 0 aliphatic carbocycles. The fourth-order valence-corrected chi connectivity index (χ4v) is 3.35. The van der Waals surface area contributed by atoms with Gasteiger partial charge in [0.05, 0.1) is 11.6 Å². The van der Waals surface area contributed by atoms with Crippen LogP contribution in [0.3, 0.4) is 0 Å². The van der Waals surface area contributed by atoms with Gasteiger partial charge in [0.1, 0.15) is 5.82 Å². The van der Waals surface area contributed by atoms with Crippen LogP contribution in [-0.4, -0.2) is 11.0 Å². The zero-order chi connectivity index (χ0) is 18.8. The van der Waals surface area contributed by atoms with Crippen LogP contribution in [0.4, 0.5) is 10.1 Å². The SMILES string of the molecule is CC1=C(C(=O)Nc2ccc(C)cc2C)C(c2cccc(F)c2)NC(=S)N1. The normalized spacial score (nSPS) is 16.8. The van der Waals surface area contributed by atoms with Crippen LogP contribution >= 0.6 is 12.2 Å². The van der Waals surface area contributed by atoms with Crippen molar-refractivity contribution < 1.29 is 9.18 Å². The monoisotopic (exact) mass is 369 g/mol. The first kappa shape index (κ1) is 18.1. The van der Waals surface area contributed by atoms with E-state index in [9.17, 15) is 9.18 Å². The summed E-state index contributed by atoms with van der Waals surface area (Å²) in [7, 11) is 0. The number of hydrogen-bond donors (Lipinski definition) is 3. The van der Waals surface area contributed by atoms with Gasteiger partial charge in [-0.15, -0.1) is 0 Å². The van der Waals surface area contributed by atoms with Crippen LogP contribution < -0.4 is 16.0 Å². The highest BCUT2D eigenvalue weighted by Gasteiger charge is 2.30. The maximum Gasteiger partial charge on any atom is 0.255 e. The summed E-state index contributed by atoms with van der Waals surface area (Å²) in [5.74, 6) is -0.619. The molecule has 0 saturated heterocycles. The molecule has 0 radical (unpaired) electrons. The van der Waals surface area contributed by atoms with Crippen molar-refractivity contribution in [1.29, 1.82) is 0 Å². The molecule has 0 aromatic heterocycles. The number of benzene rings is 2. The van der Waals surface area contributed by atoms with Crippen molar-refractivity contribution in [3.05, 3.63) is 76.2 Å². The summed E-state index contributed by atoms with van der Waals surface area (Å²) in [4.78, 5) is 13.0. The summed E-state index contributed by atoms with van der Waals surface area (Å²) in [6, 6.07) is 11.5. The number of hydrogen-bond acceptors (Lipinski definition) is 2. The number of amides is 1. The number of carbonyl (C=O) groups excluding carboxylic acids is 1. The molecule has 0 fully saturated rings. The molecule has 134 valence electrons. The number of rotatable bonds is 3. The topological polar surface area (TPSA) is 53.2 Å². The number of carbonyl (C=O) groups is 1. The molecule has 0 spiro atoms. The average molecular weight is 369 g/mol. The van der Waals surface area contributed by atoms with Crippen molar-refractivity contribution in [2.24, 2.45) is 0 Å².